The zero-order valence-electron chi connectivity index (χ0n) is 12.3. The summed E-state index contributed by atoms with van der Waals surface area (Å²) >= 11 is 0. The number of carbonyl (C=O) groups is 1. The number of fused-ring (bicyclic) bond motifs is 1. The molecule has 3 rings (SSSR count). The number of hydrogen-bond acceptors (Lipinski definition) is 4. The van der Waals surface area contributed by atoms with E-state index in [0.717, 1.165) is 0 Å². The molecular weight excluding hydrogens is 323 g/mol. The van der Waals surface area contributed by atoms with Crippen LogP contribution in [0.1, 0.15) is 5.56 Å². The van der Waals surface area contributed by atoms with Gasteiger partial charge in [-0.15, -0.1) is 0 Å². The van der Waals surface area contributed by atoms with Crippen molar-refractivity contribution >= 4 is 22.6 Å². The lowest BCUT2D eigenvalue weighted by atomic mass is 9.96. The highest BCUT2D eigenvalue weighted by Crippen LogP contribution is 2.41. The Labute approximate surface area is 134 Å². The normalized spacial score (nSPS) is 21.0. The molecule has 8 heteroatoms. The van der Waals surface area contributed by atoms with Gasteiger partial charge in [-0.3, -0.25) is 9.78 Å². The Balaban J connectivity index is 2.06. The quantitative estimate of drug-likeness (QED) is 0.913. The van der Waals surface area contributed by atoms with Gasteiger partial charge in [0.25, 0.3) is 0 Å². The van der Waals surface area contributed by atoms with Crippen LogP contribution < -0.4 is 4.90 Å². The lowest BCUT2D eigenvalue weighted by molar-refractivity contribution is -0.187. The summed E-state index contributed by atoms with van der Waals surface area (Å²) in [5, 5.41) is 18.8. The van der Waals surface area contributed by atoms with Crippen LogP contribution in [0.4, 0.5) is 18.9 Å². The second-order valence-electron chi connectivity index (χ2n) is 5.64. The highest BCUT2D eigenvalue weighted by atomic mass is 19.4. The number of anilines is 1. The van der Waals surface area contributed by atoms with E-state index < -0.39 is 30.5 Å². The van der Waals surface area contributed by atoms with Gasteiger partial charge in [-0.1, -0.05) is 0 Å². The second-order valence-corrected chi connectivity index (χ2v) is 5.64. The summed E-state index contributed by atoms with van der Waals surface area (Å²) in [5.41, 5.74) is 1.16. The minimum absolute atomic E-state index is 0.241. The Morgan fingerprint density at radius 2 is 2.08 bits per heavy atom. The van der Waals surface area contributed by atoms with Gasteiger partial charge in [0, 0.05) is 30.4 Å². The van der Waals surface area contributed by atoms with Gasteiger partial charge < -0.3 is 10.0 Å². The zero-order valence-corrected chi connectivity index (χ0v) is 12.3. The molecule has 1 fully saturated rings. The van der Waals surface area contributed by atoms with Crippen molar-refractivity contribution in [2.45, 2.75) is 6.18 Å². The minimum atomic E-state index is -4.58. The van der Waals surface area contributed by atoms with Crippen molar-refractivity contribution in [3.63, 3.8) is 0 Å². The smallest absolute Gasteiger partial charge is 0.394 e. The van der Waals surface area contributed by atoms with E-state index in [-0.39, 0.29) is 6.54 Å². The molecule has 2 unspecified atom stereocenters. The average molecular weight is 335 g/mol. The van der Waals surface area contributed by atoms with Crippen LogP contribution >= 0.6 is 0 Å². The van der Waals surface area contributed by atoms with Crippen molar-refractivity contribution in [2.75, 3.05) is 18.0 Å². The molecule has 1 N–H and O–H groups in total. The van der Waals surface area contributed by atoms with Gasteiger partial charge in [0.1, 0.15) is 6.07 Å². The molecule has 124 valence electrons. The molecule has 1 aromatic carbocycles. The molecule has 1 saturated heterocycles. The van der Waals surface area contributed by atoms with E-state index in [9.17, 15) is 18.0 Å². The maximum Gasteiger partial charge on any atom is 0.394 e. The van der Waals surface area contributed by atoms with Crippen LogP contribution in [0.3, 0.4) is 0 Å². The minimum Gasteiger partial charge on any atom is -0.481 e. The standard InChI is InChI=1S/C16H12F3N3O2/c17-16(18,19)12-8-22(7-11(12)15(23)24)13-4-3-9(6-20)14-10(13)2-1-5-21-14/h1-5,11-12H,7-8H2,(H,23,24). The van der Waals surface area contributed by atoms with Crippen LogP contribution in [0, 0.1) is 23.2 Å². The van der Waals surface area contributed by atoms with Crippen molar-refractivity contribution in [1.82, 2.24) is 4.98 Å². The SMILES string of the molecule is N#Cc1ccc(N2CC(C(=O)O)C(C(F)(F)F)C2)c2cccnc12. The van der Waals surface area contributed by atoms with Crippen LogP contribution in [0.2, 0.25) is 0 Å². The number of halogens is 3. The number of nitriles is 1. The Kier molecular flexibility index (Phi) is 3.79. The molecule has 5 nitrogen and oxygen atoms in total. The fourth-order valence-electron chi connectivity index (χ4n) is 3.11. The third-order valence-electron chi connectivity index (χ3n) is 4.27. The van der Waals surface area contributed by atoms with Crippen molar-refractivity contribution in [3.8, 4) is 6.07 Å². The lowest BCUT2D eigenvalue weighted by Gasteiger charge is -2.21. The number of aromatic nitrogens is 1. The maximum absolute atomic E-state index is 13.1. The Morgan fingerprint density at radius 1 is 1.33 bits per heavy atom. The van der Waals surface area contributed by atoms with Gasteiger partial charge in [-0.05, 0) is 24.3 Å². The number of benzene rings is 1. The van der Waals surface area contributed by atoms with Gasteiger partial charge in [0.15, 0.2) is 0 Å². The molecule has 0 aliphatic carbocycles. The number of rotatable bonds is 2. The third-order valence-corrected chi connectivity index (χ3v) is 4.27. The summed E-state index contributed by atoms with van der Waals surface area (Å²) in [7, 11) is 0. The molecule has 0 bridgehead atoms. The van der Waals surface area contributed by atoms with Crippen molar-refractivity contribution < 1.29 is 23.1 Å². The van der Waals surface area contributed by atoms with Gasteiger partial charge >= 0.3 is 12.1 Å². The van der Waals surface area contributed by atoms with E-state index in [0.29, 0.717) is 22.2 Å². The number of alkyl halides is 3. The van der Waals surface area contributed by atoms with E-state index in [1.807, 2.05) is 6.07 Å². The van der Waals surface area contributed by atoms with Crippen LogP contribution in [0.15, 0.2) is 30.5 Å². The zero-order chi connectivity index (χ0) is 17.5. The summed E-state index contributed by atoms with van der Waals surface area (Å²) in [6.45, 7) is -0.675. The number of aliphatic carboxylic acids is 1. The molecule has 0 spiro atoms. The van der Waals surface area contributed by atoms with Crippen LogP contribution in [0.5, 0.6) is 0 Å². The Hall–Kier alpha value is -2.82. The highest BCUT2D eigenvalue weighted by Gasteiger charge is 2.52. The fourth-order valence-corrected chi connectivity index (χ4v) is 3.11. The predicted molar refractivity (Wildman–Crippen MR) is 79.3 cm³/mol. The second kappa shape index (κ2) is 5.67. The van der Waals surface area contributed by atoms with Crippen molar-refractivity contribution in [3.05, 3.63) is 36.0 Å². The molecule has 0 radical (unpaired) electrons. The summed E-state index contributed by atoms with van der Waals surface area (Å²) in [6.07, 6.45) is -3.09. The molecule has 2 atom stereocenters. The number of carboxylic acid groups (broad SMARTS) is 1. The first kappa shape index (κ1) is 16.1. The first-order valence-corrected chi connectivity index (χ1v) is 7.15. The lowest BCUT2D eigenvalue weighted by Crippen LogP contribution is -2.33. The van der Waals surface area contributed by atoms with E-state index in [4.69, 9.17) is 10.4 Å². The van der Waals surface area contributed by atoms with Gasteiger partial charge in [0.2, 0.25) is 0 Å². The summed E-state index contributed by atoms with van der Waals surface area (Å²) in [5.74, 6) is -4.92. The largest absolute Gasteiger partial charge is 0.481 e. The first-order chi connectivity index (χ1) is 11.3. The van der Waals surface area contributed by atoms with Gasteiger partial charge in [0.05, 0.1) is 22.9 Å². The van der Waals surface area contributed by atoms with Crippen molar-refractivity contribution in [2.24, 2.45) is 11.8 Å². The molecule has 24 heavy (non-hydrogen) atoms. The van der Waals surface area contributed by atoms with E-state index >= 15 is 0 Å². The van der Waals surface area contributed by atoms with Gasteiger partial charge in [-0.2, -0.15) is 18.4 Å². The summed E-state index contributed by atoms with van der Waals surface area (Å²) in [6, 6.07) is 8.31. The Morgan fingerprint density at radius 3 is 2.67 bits per heavy atom. The molecule has 0 amide bonds. The number of pyridine rings is 1. The van der Waals surface area contributed by atoms with Gasteiger partial charge in [-0.25, -0.2) is 0 Å². The third kappa shape index (κ3) is 2.62. The molecule has 1 aliphatic rings. The van der Waals surface area contributed by atoms with E-state index in [2.05, 4.69) is 4.98 Å². The van der Waals surface area contributed by atoms with Crippen LogP contribution in [-0.4, -0.2) is 35.3 Å². The van der Waals surface area contributed by atoms with Crippen LogP contribution in [-0.2, 0) is 4.79 Å². The summed E-state index contributed by atoms with van der Waals surface area (Å²) < 4.78 is 39.4. The molecule has 1 aromatic heterocycles. The maximum atomic E-state index is 13.1. The predicted octanol–water partition coefficient (Wildman–Crippen LogP) is 2.81. The Bertz CT molecular complexity index is 845. The number of carboxylic acids is 1. The molecule has 2 heterocycles. The fraction of sp³-hybridized carbons (Fsp3) is 0.312. The molecular formula is C16H12F3N3O2. The monoisotopic (exact) mass is 335 g/mol. The van der Waals surface area contributed by atoms with Crippen molar-refractivity contribution in [1.29, 1.82) is 5.26 Å². The molecule has 2 aromatic rings. The molecule has 1 aliphatic heterocycles. The van der Waals surface area contributed by atoms with E-state index in [1.165, 1.54) is 17.2 Å². The molecule has 0 saturated carbocycles. The topological polar surface area (TPSA) is 77.2 Å². The summed E-state index contributed by atoms with van der Waals surface area (Å²) in [4.78, 5) is 16.7. The average Bonchev–Trinajstić information content (AvgIpc) is 2.99. The van der Waals surface area contributed by atoms with Crippen LogP contribution in [0.25, 0.3) is 10.9 Å². The number of nitrogens with zero attached hydrogens (tertiary/aromatic N) is 3. The highest BCUT2D eigenvalue weighted by molar-refractivity contribution is 5.95. The number of hydrogen-bond donors (Lipinski definition) is 1. The van der Waals surface area contributed by atoms with E-state index in [1.54, 1.807) is 18.2 Å². The first-order valence-electron chi connectivity index (χ1n) is 7.15.